The average molecular weight is 711 g/mol. The summed E-state index contributed by atoms with van der Waals surface area (Å²) in [4.78, 5) is 7.14. The summed E-state index contributed by atoms with van der Waals surface area (Å²) in [6.07, 6.45) is 0. The molecule has 0 aliphatic rings. The van der Waals surface area contributed by atoms with E-state index in [-0.39, 0.29) is 0 Å². The van der Waals surface area contributed by atoms with E-state index < -0.39 is 0 Å². The van der Waals surface area contributed by atoms with Gasteiger partial charge in [0.05, 0.1) is 0 Å². The van der Waals surface area contributed by atoms with Gasteiger partial charge in [-0.2, -0.15) is 0 Å². The Labute approximate surface area is 314 Å². The van der Waals surface area contributed by atoms with Crippen LogP contribution in [0.2, 0.25) is 0 Å². The first-order valence-electron chi connectivity index (χ1n) is 18.0. The average Bonchev–Trinajstić information content (AvgIpc) is 3.94. The number of anilines is 3. The molecule has 0 amide bonds. The number of rotatable bonds is 6. The van der Waals surface area contributed by atoms with Crippen molar-refractivity contribution in [2.45, 2.75) is 0 Å². The van der Waals surface area contributed by atoms with Gasteiger partial charge in [-0.1, -0.05) is 109 Å². The lowest BCUT2D eigenvalue weighted by Crippen LogP contribution is -2.09. The predicted molar refractivity (Wildman–Crippen MR) is 225 cm³/mol. The first-order valence-corrected chi connectivity index (χ1v) is 18.8. The second-order valence-electron chi connectivity index (χ2n) is 13.6. The van der Waals surface area contributed by atoms with Gasteiger partial charge in [0.25, 0.3) is 0 Å². The van der Waals surface area contributed by atoms with Gasteiger partial charge in [-0.15, -0.1) is 11.3 Å². The summed E-state index contributed by atoms with van der Waals surface area (Å²) >= 11 is 1.83. The predicted octanol–water partition coefficient (Wildman–Crippen LogP) is 14.6. The van der Waals surface area contributed by atoms with Crippen molar-refractivity contribution in [3.63, 3.8) is 0 Å². The molecule has 4 nitrogen and oxygen atoms in total. The van der Waals surface area contributed by atoms with Crippen LogP contribution in [-0.2, 0) is 0 Å². The Balaban J connectivity index is 1.03. The molecule has 0 radical (unpaired) electrons. The summed E-state index contributed by atoms with van der Waals surface area (Å²) in [7, 11) is 0. The number of oxazole rings is 1. The molecule has 5 heteroatoms. The first kappa shape index (κ1) is 30.7. The van der Waals surface area contributed by atoms with Crippen LogP contribution < -0.4 is 4.90 Å². The maximum Gasteiger partial charge on any atom is 0.228 e. The Morgan fingerprint density at radius 3 is 1.81 bits per heavy atom. The summed E-state index contributed by atoms with van der Waals surface area (Å²) < 4.78 is 15.3. The molecule has 54 heavy (non-hydrogen) atoms. The molecule has 0 bridgehead atoms. The molecular weight excluding hydrogens is 681 g/mol. The highest BCUT2D eigenvalue weighted by Crippen LogP contribution is 2.44. The zero-order valence-corrected chi connectivity index (χ0v) is 29.8. The minimum Gasteiger partial charge on any atom is -0.456 e. The van der Waals surface area contributed by atoms with Gasteiger partial charge in [-0.05, 0) is 89.0 Å². The Bertz CT molecular complexity index is 3120. The number of nitrogens with zero attached hydrogens (tertiary/aromatic N) is 2. The Morgan fingerprint density at radius 1 is 0.407 bits per heavy atom. The lowest BCUT2D eigenvalue weighted by molar-refractivity contribution is 0.620. The van der Waals surface area contributed by atoms with Gasteiger partial charge in [-0.3, -0.25) is 0 Å². The number of thiophene rings is 1. The van der Waals surface area contributed by atoms with E-state index in [1.54, 1.807) is 0 Å². The summed E-state index contributed by atoms with van der Waals surface area (Å²) in [5.74, 6) is 0.585. The number of para-hydroxylation sites is 2. The molecule has 3 heterocycles. The van der Waals surface area contributed by atoms with Gasteiger partial charge in [0.2, 0.25) is 5.89 Å². The fourth-order valence-corrected chi connectivity index (χ4v) is 8.85. The molecule has 0 fully saturated rings. The molecule has 0 N–H and O–H groups in total. The first-order chi connectivity index (χ1) is 26.7. The maximum atomic E-state index is 6.59. The Kier molecular flexibility index (Phi) is 7.00. The van der Waals surface area contributed by atoms with Crippen molar-refractivity contribution >= 4 is 81.6 Å². The molecule has 11 aromatic rings. The zero-order valence-electron chi connectivity index (χ0n) is 28.9. The van der Waals surface area contributed by atoms with E-state index in [9.17, 15) is 0 Å². The van der Waals surface area contributed by atoms with Crippen LogP contribution in [0.15, 0.2) is 191 Å². The van der Waals surface area contributed by atoms with Crippen LogP contribution in [0.4, 0.5) is 17.1 Å². The van der Waals surface area contributed by atoms with Gasteiger partial charge in [-0.25, -0.2) is 4.98 Å². The van der Waals surface area contributed by atoms with Crippen molar-refractivity contribution in [3.05, 3.63) is 182 Å². The number of aromatic nitrogens is 1. The molecule has 8 aromatic carbocycles. The van der Waals surface area contributed by atoms with Crippen LogP contribution in [0.25, 0.3) is 86.9 Å². The molecule has 0 aliphatic heterocycles. The molecule has 0 saturated heterocycles. The molecule has 0 aliphatic carbocycles. The maximum absolute atomic E-state index is 6.59. The van der Waals surface area contributed by atoms with Crippen molar-refractivity contribution < 1.29 is 8.83 Å². The van der Waals surface area contributed by atoms with Crippen LogP contribution in [0.5, 0.6) is 0 Å². The number of hydrogen-bond acceptors (Lipinski definition) is 5. The van der Waals surface area contributed by atoms with Gasteiger partial charge in [0.15, 0.2) is 5.58 Å². The standard InChI is InChI=1S/C49H30N2O2S/c1-2-9-31(10-3-1)32-17-19-33(20-18-32)34-21-23-35(24-22-34)51(37-25-27-39-38-11-4-7-16-46(38)54-47(39)30-37)36-26-28-40-45(29-36)52-44-15-8-12-41(48(40)44)49-50-42-13-5-6-14-43(42)53-49/h1-30H. The fraction of sp³-hybridized carbons (Fsp3) is 0. The van der Waals surface area contributed by atoms with Crippen LogP contribution in [0.3, 0.4) is 0 Å². The second kappa shape index (κ2) is 12.3. The second-order valence-corrected chi connectivity index (χ2v) is 14.6. The molecule has 254 valence electrons. The van der Waals surface area contributed by atoms with Crippen molar-refractivity contribution in [2.24, 2.45) is 0 Å². The largest absolute Gasteiger partial charge is 0.456 e. The molecule has 0 saturated carbocycles. The summed E-state index contributed by atoms with van der Waals surface area (Å²) in [5.41, 5.74) is 12.0. The van der Waals surface area contributed by atoms with Crippen LogP contribution in [0, 0.1) is 0 Å². The lowest BCUT2D eigenvalue weighted by Gasteiger charge is -2.26. The summed E-state index contributed by atoms with van der Waals surface area (Å²) in [5, 5.41) is 4.57. The van der Waals surface area contributed by atoms with Crippen LogP contribution in [0.1, 0.15) is 0 Å². The van der Waals surface area contributed by atoms with E-state index in [4.69, 9.17) is 13.8 Å². The van der Waals surface area contributed by atoms with Gasteiger partial charge in [0, 0.05) is 59.6 Å². The van der Waals surface area contributed by atoms with E-state index in [2.05, 4.69) is 150 Å². The highest BCUT2D eigenvalue weighted by atomic mass is 32.1. The van der Waals surface area contributed by atoms with Crippen molar-refractivity contribution in [1.82, 2.24) is 4.98 Å². The molecule has 0 spiro atoms. The van der Waals surface area contributed by atoms with Gasteiger partial charge >= 0.3 is 0 Å². The molecule has 11 rings (SSSR count). The smallest absolute Gasteiger partial charge is 0.228 e. The van der Waals surface area contributed by atoms with E-state index in [0.29, 0.717) is 5.89 Å². The fourth-order valence-electron chi connectivity index (χ4n) is 7.71. The number of furan rings is 1. The van der Waals surface area contributed by atoms with Crippen LogP contribution in [-0.4, -0.2) is 4.98 Å². The number of fused-ring (bicyclic) bond motifs is 7. The van der Waals surface area contributed by atoms with E-state index in [1.165, 1.54) is 36.9 Å². The van der Waals surface area contributed by atoms with E-state index in [1.807, 2.05) is 47.7 Å². The normalized spacial score (nSPS) is 11.7. The number of benzene rings is 8. The van der Waals surface area contributed by atoms with Crippen LogP contribution >= 0.6 is 11.3 Å². The highest BCUT2D eigenvalue weighted by Gasteiger charge is 2.20. The Morgan fingerprint density at radius 2 is 1.02 bits per heavy atom. The minimum absolute atomic E-state index is 0.585. The SMILES string of the molecule is c1ccc(-c2ccc(-c3ccc(N(c4ccc5c(c4)oc4cccc(-c6nc7ccccc7o6)c45)c4ccc5c(c4)sc4ccccc45)cc3)cc2)cc1. The molecule has 0 unspecified atom stereocenters. The molecule has 0 atom stereocenters. The summed E-state index contributed by atoms with van der Waals surface area (Å²) in [6.45, 7) is 0. The van der Waals surface area contributed by atoms with Gasteiger partial charge < -0.3 is 13.7 Å². The Hall–Kier alpha value is -6.95. The third kappa shape index (κ3) is 5.09. The lowest BCUT2D eigenvalue weighted by atomic mass is 10.00. The van der Waals surface area contributed by atoms with Crippen molar-refractivity contribution in [2.75, 3.05) is 4.90 Å². The monoisotopic (exact) mass is 710 g/mol. The molecule has 3 aromatic heterocycles. The van der Waals surface area contributed by atoms with E-state index in [0.717, 1.165) is 61.2 Å². The third-order valence-electron chi connectivity index (χ3n) is 10.3. The highest BCUT2D eigenvalue weighted by molar-refractivity contribution is 7.25. The van der Waals surface area contributed by atoms with Gasteiger partial charge in [0.1, 0.15) is 16.7 Å². The van der Waals surface area contributed by atoms with E-state index >= 15 is 0 Å². The minimum atomic E-state index is 0.585. The molecular formula is C49H30N2O2S. The quantitative estimate of drug-likeness (QED) is 0.172. The zero-order chi connectivity index (χ0) is 35.6. The number of hydrogen-bond donors (Lipinski definition) is 0. The van der Waals surface area contributed by atoms with Crippen molar-refractivity contribution in [1.29, 1.82) is 0 Å². The summed E-state index contributed by atoms with van der Waals surface area (Å²) in [6, 6.07) is 64.0. The third-order valence-corrected chi connectivity index (χ3v) is 11.5. The van der Waals surface area contributed by atoms with Crippen molar-refractivity contribution in [3.8, 4) is 33.7 Å². The topological polar surface area (TPSA) is 42.4 Å².